The van der Waals surface area contributed by atoms with E-state index in [-0.39, 0.29) is 29.4 Å². The average Bonchev–Trinajstić information content (AvgIpc) is 2.87. The van der Waals surface area contributed by atoms with Gasteiger partial charge in [0.1, 0.15) is 5.75 Å². The molecule has 0 saturated carbocycles. The average molecular weight is 351 g/mol. The van der Waals surface area contributed by atoms with Crippen LogP contribution in [0.2, 0.25) is 0 Å². The Labute approximate surface area is 152 Å². The first-order valence-electron chi connectivity index (χ1n) is 8.54. The van der Waals surface area contributed by atoms with E-state index in [1.807, 2.05) is 19.9 Å². The molecule has 1 aliphatic rings. The predicted molar refractivity (Wildman–Crippen MR) is 98.9 cm³/mol. The second-order valence-electron chi connectivity index (χ2n) is 6.79. The quantitative estimate of drug-likeness (QED) is 0.856. The number of rotatable bonds is 5. The highest BCUT2D eigenvalue weighted by molar-refractivity contribution is 6.16. The third-order valence-electron chi connectivity index (χ3n) is 4.35. The number of carbonyl (C=O) groups excluding carboxylic acids is 2. The minimum Gasteiger partial charge on any atom is -0.508 e. The van der Waals surface area contributed by atoms with E-state index in [1.54, 1.807) is 36.4 Å². The number of carbonyl (C=O) groups is 2. The van der Waals surface area contributed by atoms with Crippen molar-refractivity contribution in [1.29, 1.82) is 0 Å². The molecule has 26 heavy (non-hydrogen) atoms. The molecule has 0 radical (unpaired) electrons. The Hall–Kier alpha value is -3.08. The Kier molecular flexibility index (Phi) is 4.80. The SMILES string of the molecule is CC(C)CC(=O)C1=C(O)C(=O)N(c2ccccc2)C1c1ccc(O)cc1. The monoisotopic (exact) mass is 351 g/mol. The van der Waals surface area contributed by atoms with Gasteiger partial charge in [-0.1, -0.05) is 44.2 Å². The summed E-state index contributed by atoms with van der Waals surface area (Å²) in [7, 11) is 0. The summed E-state index contributed by atoms with van der Waals surface area (Å²) in [5.74, 6) is -1.15. The molecule has 2 aromatic carbocycles. The number of ketones is 1. The molecule has 0 bridgehead atoms. The van der Waals surface area contributed by atoms with Crippen molar-refractivity contribution in [1.82, 2.24) is 0 Å². The van der Waals surface area contributed by atoms with E-state index in [0.29, 0.717) is 11.3 Å². The van der Waals surface area contributed by atoms with Crippen LogP contribution >= 0.6 is 0 Å². The number of para-hydroxylation sites is 1. The summed E-state index contributed by atoms with van der Waals surface area (Å²) in [6, 6.07) is 14.5. The molecule has 0 spiro atoms. The Morgan fingerprint density at radius 1 is 1.04 bits per heavy atom. The van der Waals surface area contributed by atoms with Crippen molar-refractivity contribution in [3.8, 4) is 5.75 Å². The minimum atomic E-state index is -0.725. The van der Waals surface area contributed by atoms with Gasteiger partial charge in [-0.25, -0.2) is 0 Å². The maximum atomic E-state index is 12.8. The number of Topliss-reactive ketones (excluding diaryl/α,β-unsaturated/α-hetero) is 1. The maximum absolute atomic E-state index is 12.8. The Morgan fingerprint density at radius 2 is 1.65 bits per heavy atom. The lowest BCUT2D eigenvalue weighted by molar-refractivity contribution is -0.118. The van der Waals surface area contributed by atoms with Gasteiger partial charge >= 0.3 is 0 Å². The fraction of sp³-hybridized carbons (Fsp3) is 0.238. The van der Waals surface area contributed by atoms with Crippen LogP contribution < -0.4 is 4.90 Å². The summed E-state index contributed by atoms with van der Waals surface area (Å²) in [4.78, 5) is 27.0. The molecule has 3 rings (SSSR count). The zero-order valence-electron chi connectivity index (χ0n) is 14.7. The molecule has 5 heteroatoms. The lowest BCUT2D eigenvalue weighted by Crippen LogP contribution is -2.31. The van der Waals surface area contributed by atoms with Crippen LogP contribution in [0.5, 0.6) is 5.75 Å². The summed E-state index contributed by atoms with van der Waals surface area (Å²) in [6.45, 7) is 3.83. The molecule has 1 heterocycles. The third kappa shape index (κ3) is 3.20. The maximum Gasteiger partial charge on any atom is 0.294 e. The van der Waals surface area contributed by atoms with Crippen molar-refractivity contribution in [3.05, 3.63) is 71.5 Å². The van der Waals surface area contributed by atoms with Crippen molar-refractivity contribution >= 4 is 17.4 Å². The van der Waals surface area contributed by atoms with Gasteiger partial charge < -0.3 is 10.2 Å². The van der Waals surface area contributed by atoms with Gasteiger partial charge in [-0.3, -0.25) is 14.5 Å². The van der Waals surface area contributed by atoms with Crippen molar-refractivity contribution in [3.63, 3.8) is 0 Å². The van der Waals surface area contributed by atoms with Gasteiger partial charge in [-0.05, 0) is 35.7 Å². The summed E-state index contributed by atoms with van der Waals surface area (Å²) >= 11 is 0. The van der Waals surface area contributed by atoms with Gasteiger partial charge in [0.15, 0.2) is 11.5 Å². The topological polar surface area (TPSA) is 77.8 Å². The van der Waals surface area contributed by atoms with E-state index in [9.17, 15) is 19.8 Å². The highest BCUT2D eigenvalue weighted by Gasteiger charge is 2.44. The van der Waals surface area contributed by atoms with E-state index in [0.717, 1.165) is 0 Å². The lowest BCUT2D eigenvalue weighted by Gasteiger charge is -2.27. The van der Waals surface area contributed by atoms with Crippen LogP contribution in [0, 0.1) is 5.92 Å². The van der Waals surface area contributed by atoms with Crippen molar-refractivity contribution in [2.24, 2.45) is 5.92 Å². The third-order valence-corrected chi connectivity index (χ3v) is 4.35. The van der Waals surface area contributed by atoms with E-state index < -0.39 is 17.7 Å². The second-order valence-corrected chi connectivity index (χ2v) is 6.79. The predicted octanol–water partition coefficient (Wildman–Crippen LogP) is 3.91. The Bertz CT molecular complexity index is 853. The molecular formula is C21H21NO4. The van der Waals surface area contributed by atoms with Crippen molar-refractivity contribution in [2.45, 2.75) is 26.3 Å². The van der Waals surface area contributed by atoms with Gasteiger partial charge in [0.25, 0.3) is 5.91 Å². The fourth-order valence-corrected chi connectivity index (χ4v) is 3.20. The molecule has 2 aromatic rings. The van der Waals surface area contributed by atoms with Crippen LogP contribution in [0.15, 0.2) is 65.9 Å². The van der Waals surface area contributed by atoms with Crippen LogP contribution in [0.25, 0.3) is 0 Å². The van der Waals surface area contributed by atoms with Crippen LogP contribution in [-0.2, 0) is 9.59 Å². The largest absolute Gasteiger partial charge is 0.508 e. The van der Waals surface area contributed by atoms with Gasteiger partial charge in [-0.2, -0.15) is 0 Å². The molecule has 2 N–H and O–H groups in total. The minimum absolute atomic E-state index is 0.0904. The molecule has 0 saturated heterocycles. The van der Waals surface area contributed by atoms with Gasteiger partial charge in [0.05, 0.1) is 11.6 Å². The zero-order valence-corrected chi connectivity index (χ0v) is 14.7. The van der Waals surface area contributed by atoms with Gasteiger partial charge in [0, 0.05) is 12.1 Å². The molecule has 1 amide bonds. The number of phenols is 1. The molecule has 1 aliphatic heterocycles. The number of aliphatic hydroxyl groups is 1. The first kappa shape index (κ1) is 17.7. The molecule has 5 nitrogen and oxygen atoms in total. The van der Waals surface area contributed by atoms with Crippen molar-refractivity contribution in [2.75, 3.05) is 4.90 Å². The highest BCUT2D eigenvalue weighted by atomic mass is 16.3. The van der Waals surface area contributed by atoms with E-state index in [2.05, 4.69) is 0 Å². The number of nitrogens with zero attached hydrogens (tertiary/aromatic N) is 1. The van der Waals surface area contributed by atoms with Gasteiger partial charge in [-0.15, -0.1) is 0 Å². The first-order valence-corrected chi connectivity index (χ1v) is 8.54. The van der Waals surface area contributed by atoms with Gasteiger partial charge in [0.2, 0.25) is 0 Å². The summed E-state index contributed by atoms with van der Waals surface area (Å²) < 4.78 is 0. The number of anilines is 1. The first-order chi connectivity index (χ1) is 12.4. The van der Waals surface area contributed by atoms with E-state index >= 15 is 0 Å². The lowest BCUT2D eigenvalue weighted by atomic mass is 9.92. The number of hydrogen-bond acceptors (Lipinski definition) is 4. The normalized spacial score (nSPS) is 17.3. The van der Waals surface area contributed by atoms with Crippen molar-refractivity contribution < 1.29 is 19.8 Å². The number of amides is 1. The zero-order chi connectivity index (χ0) is 18.8. The second kappa shape index (κ2) is 7.04. The number of aromatic hydroxyl groups is 1. The molecular weight excluding hydrogens is 330 g/mol. The van der Waals surface area contributed by atoms with E-state index in [4.69, 9.17) is 0 Å². The van der Waals surface area contributed by atoms with Crippen LogP contribution in [0.4, 0.5) is 5.69 Å². The number of hydrogen-bond donors (Lipinski definition) is 2. The van der Waals surface area contributed by atoms with Crippen LogP contribution in [0.3, 0.4) is 0 Å². The van der Waals surface area contributed by atoms with Crippen LogP contribution in [-0.4, -0.2) is 21.9 Å². The molecule has 1 unspecified atom stereocenters. The van der Waals surface area contributed by atoms with Crippen LogP contribution in [0.1, 0.15) is 31.9 Å². The highest BCUT2D eigenvalue weighted by Crippen LogP contribution is 2.41. The standard InChI is InChI=1S/C21H21NO4/c1-13(2)12-17(24)18-19(14-8-10-16(23)11-9-14)22(21(26)20(18)25)15-6-4-3-5-7-15/h3-11,13,19,23,25H,12H2,1-2H3. The summed E-state index contributed by atoms with van der Waals surface area (Å²) in [5, 5.41) is 20.0. The Morgan fingerprint density at radius 3 is 2.23 bits per heavy atom. The number of benzene rings is 2. The smallest absolute Gasteiger partial charge is 0.294 e. The number of aliphatic hydroxyl groups excluding tert-OH is 1. The summed E-state index contributed by atoms with van der Waals surface area (Å²) in [6.07, 6.45) is 0.240. The molecule has 134 valence electrons. The molecule has 0 aliphatic carbocycles. The molecule has 0 fully saturated rings. The van der Waals surface area contributed by atoms with E-state index in [1.165, 1.54) is 17.0 Å². The molecule has 1 atom stereocenters. The number of phenolic OH excluding ortho intramolecular Hbond substituents is 1. The fourth-order valence-electron chi connectivity index (χ4n) is 3.20. The summed E-state index contributed by atoms with van der Waals surface area (Å²) in [5.41, 5.74) is 1.35. The Balaban J connectivity index is 2.13. The molecule has 0 aromatic heterocycles.